The zero-order valence-corrected chi connectivity index (χ0v) is 10.1. The van der Waals surface area contributed by atoms with Gasteiger partial charge in [0.15, 0.2) is 0 Å². The molecule has 3 N–H and O–H groups in total. The largest absolute Gasteiger partial charge is 0.573 e. The van der Waals surface area contributed by atoms with Gasteiger partial charge in [0.25, 0.3) is 0 Å². The van der Waals surface area contributed by atoms with Crippen LogP contribution >= 0.6 is 0 Å². The summed E-state index contributed by atoms with van der Waals surface area (Å²) in [5, 5.41) is 2.18. The van der Waals surface area contributed by atoms with Crippen molar-refractivity contribution in [1.82, 2.24) is 10.9 Å². The second-order valence-electron chi connectivity index (χ2n) is 3.27. The molecule has 0 aliphatic carbocycles. The van der Waals surface area contributed by atoms with Gasteiger partial charge in [-0.15, -0.1) is 13.2 Å². The lowest BCUT2D eigenvalue weighted by Crippen LogP contribution is -2.43. The van der Waals surface area contributed by atoms with Crippen molar-refractivity contribution in [2.75, 3.05) is 12.4 Å². The molecule has 0 fully saturated rings. The highest BCUT2D eigenvalue weighted by Crippen LogP contribution is 2.24. The molecular weight excluding hydrogens is 283 g/mol. The van der Waals surface area contributed by atoms with E-state index in [0.717, 1.165) is 19.2 Å². The SMILES string of the molecule is COC(=O)NNC(=O)Nc1cccc(OC(F)(F)F)c1. The van der Waals surface area contributed by atoms with E-state index in [0.29, 0.717) is 0 Å². The van der Waals surface area contributed by atoms with Gasteiger partial charge in [0, 0.05) is 11.8 Å². The predicted molar refractivity (Wildman–Crippen MR) is 60.8 cm³/mol. The number of carbonyl (C=O) groups is 2. The second kappa shape index (κ2) is 6.50. The molecule has 0 saturated heterocycles. The van der Waals surface area contributed by atoms with Crippen LogP contribution in [0.4, 0.5) is 28.4 Å². The fourth-order valence-electron chi connectivity index (χ4n) is 1.09. The summed E-state index contributed by atoms with van der Waals surface area (Å²) in [6.45, 7) is 0. The molecule has 20 heavy (non-hydrogen) atoms. The average Bonchev–Trinajstić information content (AvgIpc) is 2.34. The topological polar surface area (TPSA) is 88.7 Å². The molecule has 0 aliphatic rings. The summed E-state index contributed by atoms with van der Waals surface area (Å²) < 4.78 is 43.9. The molecule has 0 aliphatic heterocycles. The van der Waals surface area contributed by atoms with E-state index in [9.17, 15) is 22.8 Å². The third-order valence-corrected chi connectivity index (χ3v) is 1.79. The van der Waals surface area contributed by atoms with E-state index < -0.39 is 24.2 Å². The number of benzene rings is 1. The molecule has 1 rings (SSSR count). The Kier molecular flexibility index (Phi) is 5.01. The molecule has 0 atom stereocenters. The third kappa shape index (κ3) is 5.80. The lowest BCUT2D eigenvalue weighted by molar-refractivity contribution is -0.274. The number of hydrogen-bond acceptors (Lipinski definition) is 4. The Hall–Kier alpha value is -2.65. The number of urea groups is 1. The molecular formula is C10H10F3N3O4. The third-order valence-electron chi connectivity index (χ3n) is 1.79. The van der Waals surface area contributed by atoms with E-state index in [-0.39, 0.29) is 5.69 Å². The van der Waals surface area contributed by atoms with Gasteiger partial charge in [-0.25, -0.2) is 20.4 Å². The number of nitrogens with one attached hydrogen (secondary N) is 3. The molecule has 0 unspecified atom stereocenters. The monoisotopic (exact) mass is 293 g/mol. The van der Waals surface area contributed by atoms with Crippen molar-refractivity contribution in [1.29, 1.82) is 0 Å². The number of amides is 3. The Bertz CT molecular complexity index is 493. The summed E-state index contributed by atoms with van der Waals surface area (Å²) in [5.74, 6) is -0.490. The molecule has 0 aromatic heterocycles. The zero-order valence-electron chi connectivity index (χ0n) is 10.1. The van der Waals surface area contributed by atoms with Gasteiger partial charge in [0.2, 0.25) is 0 Å². The first-order chi connectivity index (χ1) is 9.30. The Morgan fingerprint density at radius 3 is 2.50 bits per heavy atom. The normalized spacial score (nSPS) is 10.4. The fourth-order valence-corrected chi connectivity index (χ4v) is 1.09. The minimum atomic E-state index is -4.83. The summed E-state index contributed by atoms with van der Waals surface area (Å²) in [6, 6.07) is 3.75. The fraction of sp³-hybridized carbons (Fsp3) is 0.200. The number of carbonyl (C=O) groups excluding carboxylic acids is 2. The van der Waals surface area contributed by atoms with E-state index in [4.69, 9.17) is 0 Å². The predicted octanol–water partition coefficient (Wildman–Crippen LogP) is 1.98. The van der Waals surface area contributed by atoms with E-state index in [1.54, 1.807) is 0 Å². The van der Waals surface area contributed by atoms with Crippen LogP contribution in [0.15, 0.2) is 24.3 Å². The van der Waals surface area contributed by atoms with Gasteiger partial charge >= 0.3 is 18.5 Å². The van der Waals surface area contributed by atoms with Crippen LogP contribution in [-0.2, 0) is 4.74 Å². The molecule has 110 valence electrons. The van der Waals surface area contributed by atoms with Crippen LogP contribution in [0.3, 0.4) is 0 Å². The van der Waals surface area contributed by atoms with Gasteiger partial charge in [-0.3, -0.25) is 0 Å². The average molecular weight is 293 g/mol. The Labute approximate surface area is 111 Å². The summed E-state index contributed by atoms with van der Waals surface area (Å²) in [5.41, 5.74) is 3.82. The van der Waals surface area contributed by atoms with Gasteiger partial charge in [-0.05, 0) is 12.1 Å². The van der Waals surface area contributed by atoms with Crippen LogP contribution in [0.25, 0.3) is 0 Å². The summed E-state index contributed by atoms with van der Waals surface area (Å²) in [6.07, 6.45) is -5.73. The molecule has 0 spiro atoms. The standard InChI is InChI=1S/C10H10F3N3O4/c1-19-9(18)16-15-8(17)14-6-3-2-4-7(5-6)20-10(11,12)13/h2-5H,1H3,(H,16,18)(H2,14,15,17). The molecule has 1 aromatic carbocycles. The van der Waals surface area contributed by atoms with E-state index in [1.165, 1.54) is 12.1 Å². The number of rotatable bonds is 2. The second-order valence-corrected chi connectivity index (χ2v) is 3.27. The van der Waals surface area contributed by atoms with Crippen LogP contribution in [0.1, 0.15) is 0 Å². The maximum Gasteiger partial charge on any atom is 0.573 e. The lowest BCUT2D eigenvalue weighted by Gasteiger charge is -2.11. The van der Waals surface area contributed by atoms with Gasteiger partial charge in [0.1, 0.15) is 5.75 Å². The van der Waals surface area contributed by atoms with Crippen LogP contribution in [0.5, 0.6) is 5.75 Å². The molecule has 0 saturated carbocycles. The number of alkyl halides is 3. The van der Waals surface area contributed by atoms with Gasteiger partial charge < -0.3 is 14.8 Å². The summed E-state index contributed by atoms with van der Waals surface area (Å²) in [4.78, 5) is 21.9. The Balaban J connectivity index is 2.57. The molecule has 3 amide bonds. The number of halogens is 3. The molecule has 0 heterocycles. The number of anilines is 1. The van der Waals surface area contributed by atoms with Crippen molar-refractivity contribution < 1.29 is 32.2 Å². The van der Waals surface area contributed by atoms with Gasteiger partial charge in [-0.1, -0.05) is 6.07 Å². The van der Waals surface area contributed by atoms with Crippen molar-refractivity contribution in [3.05, 3.63) is 24.3 Å². The lowest BCUT2D eigenvalue weighted by atomic mass is 10.3. The number of methoxy groups -OCH3 is 1. The first-order valence-electron chi connectivity index (χ1n) is 5.07. The smallest absolute Gasteiger partial charge is 0.452 e. The molecule has 0 radical (unpaired) electrons. The minimum Gasteiger partial charge on any atom is -0.452 e. The molecule has 7 nitrogen and oxygen atoms in total. The molecule has 10 heteroatoms. The van der Waals surface area contributed by atoms with Crippen molar-refractivity contribution >= 4 is 17.8 Å². The van der Waals surface area contributed by atoms with Crippen LogP contribution in [0, 0.1) is 0 Å². The van der Waals surface area contributed by atoms with Crippen molar-refractivity contribution in [3.63, 3.8) is 0 Å². The van der Waals surface area contributed by atoms with Crippen molar-refractivity contribution in [2.45, 2.75) is 6.36 Å². The Morgan fingerprint density at radius 2 is 1.90 bits per heavy atom. The number of hydrogen-bond donors (Lipinski definition) is 3. The van der Waals surface area contributed by atoms with Crippen molar-refractivity contribution in [2.24, 2.45) is 0 Å². The zero-order chi connectivity index (χ0) is 15.2. The highest BCUT2D eigenvalue weighted by molar-refractivity contribution is 5.90. The first kappa shape index (κ1) is 15.4. The highest BCUT2D eigenvalue weighted by atomic mass is 19.4. The number of ether oxygens (including phenoxy) is 2. The van der Waals surface area contributed by atoms with Crippen LogP contribution < -0.4 is 20.9 Å². The maximum absolute atomic E-state index is 12.0. The maximum atomic E-state index is 12.0. The minimum absolute atomic E-state index is 0.0379. The van der Waals surface area contributed by atoms with Gasteiger partial charge in [-0.2, -0.15) is 0 Å². The molecule has 0 bridgehead atoms. The highest BCUT2D eigenvalue weighted by Gasteiger charge is 2.31. The van der Waals surface area contributed by atoms with E-state index in [2.05, 4.69) is 14.8 Å². The first-order valence-corrected chi connectivity index (χ1v) is 5.07. The van der Waals surface area contributed by atoms with Crippen LogP contribution in [0.2, 0.25) is 0 Å². The van der Waals surface area contributed by atoms with Gasteiger partial charge in [0.05, 0.1) is 7.11 Å². The quantitative estimate of drug-likeness (QED) is 0.727. The molecule has 1 aromatic rings. The van der Waals surface area contributed by atoms with E-state index >= 15 is 0 Å². The van der Waals surface area contributed by atoms with E-state index in [1.807, 2.05) is 10.9 Å². The number of hydrazine groups is 1. The van der Waals surface area contributed by atoms with Crippen molar-refractivity contribution in [3.8, 4) is 5.75 Å². The summed E-state index contributed by atoms with van der Waals surface area (Å²) in [7, 11) is 1.09. The van der Waals surface area contributed by atoms with Crippen LogP contribution in [-0.4, -0.2) is 25.6 Å². The Morgan fingerprint density at radius 1 is 1.20 bits per heavy atom. The summed E-state index contributed by atoms with van der Waals surface area (Å²) >= 11 is 0.